The molecule has 5 N–H and O–H groups in total. The van der Waals surface area contributed by atoms with Crippen molar-refractivity contribution in [1.82, 2.24) is 0 Å². The van der Waals surface area contributed by atoms with Crippen molar-refractivity contribution in [3.05, 3.63) is 113 Å². The van der Waals surface area contributed by atoms with Crippen LogP contribution in [0, 0.1) is 0 Å². The number of Topliss-reactive ketones (excluding diaryl/α,β-unsaturated/α-hetero) is 2. The number of fused-ring (bicyclic) bond motifs is 1. The molecule has 0 heterocycles. The number of carboxylic acids is 1. The smallest absolute Gasteiger partial charge is 0.328 e. The minimum Gasteiger partial charge on any atom is -0.480 e. The number of ketones is 2. The van der Waals surface area contributed by atoms with Gasteiger partial charge >= 0.3 is 11.9 Å². The molecular weight excluding hydrogens is 580 g/mol. The van der Waals surface area contributed by atoms with Gasteiger partial charge < -0.3 is 21.3 Å². The first-order valence-corrected chi connectivity index (χ1v) is 15.6. The van der Waals surface area contributed by atoms with Crippen molar-refractivity contribution in [2.45, 2.75) is 76.8 Å². The number of carbonyl (C=O) groups excluding carboxylic acids is 3. The number of hydrogen-bond acceptors (Lipinski definition) is 7. The summed E-state index contributed by atoms with van der Waals surface area (Å²) >= 11 is 0. The predicted molar refractivity (Wildman–Crippen MR) is 179 cm³/mol. The Morgan fingerprint density at radius 3 is 2.02 bits per heavy atom. The first-order valence-electron chi connectivity index (χ1n) is 15.6. The predicted octanol–water partition coefficient (Wildman–Crippen LogP) is 6.19. The van der Waals surface area contributed by atoms with Crippen molar-refractivity contribution in [2.24, 2.45) is 11.5 Å². The molecule has 8 nitrogen and oxygen atoms in total. The van der Waals surface area contributed by atoms with Crippen molar-refractivity contribution in [1.29, 1.82) is 0 Å². The maximum atomic E-state index is 13.7. The Bertz CT molecular complexity index is 1740. The van der Waals surface area contributed by atoms with Gasteiger partial charge in [-0.3, -0.25) is 14.4 Å². The second-order valence-corrected chi connectivity index (χ2v) is 12.7. The molecule has 8 heteroatoms. The lowest BCUT2D eigenvalue weighted by Crippen LogP contribution is -2.37. The average Bonchev–Trinajstić information content (AvgIpc) is 3.02. The highest BCUT2D eigenvalue weighted by Gasteiger charge is 2.27. The highest BCUT2D eigenvalue weighted by atomic mass is 16.5. The fraction of sp³-hybridized carbons (Fsp3) is 0.316. The van der Waals surface area contributed by atoms with E-state index in [1.54, 1.807) is 36.4 Å². The van der Waals surface area contributed by atoms with Crippen molar-refractivity contribution in [3.8, 4) is 5.75 Å². The molecule has 4 aromatic carbocycles. The van der Waals surface area contributed by atoms with E-state index >= 15 is 0 Å². The van der Waals surface area contributed by atoms with Crippen LogP contribution in [0.5, 0.6) is 5.75 Å². The largest absolute Gasteiger partial charge is 0.480 e. The summed E-state index contributed by atoms with van der Waals surface area (Å²) in [5.41, 5.74) is 14.9. The molecule has 0 saturated carbocycles. The Balaban J connectivity index is 1.42. The molecule has 2 unspecified atom stereocenters. The van der Waals surface area contributed by atoms with E-state index in [0.717, 1.165) is 16.3 Å². The van der Waals surface area contributed by atoms with E-state index in [1.807, 2.05) is 69.3 Å². The number of esters is 1. The third-order valence-electron chi connectivity index (χ3n) is 8.05. The molecule has 0 amide bonds. The summed E-state index contributed by atoms with van der Waals surface area (Å²) in [5.74, 6) is -1.50. The number of hydrogen-bond donors (Lipinski definition) is 3. The average molecular weight is 623 g/mol. The van der Waals surface area contributed by atoms with Crippen molar-refractivity contribution in [3.63, 3.8) is 0 Å². The van der Waals surface area contributed by atoms with Crippen LogP contribution in [0.2, 0.25) is 0 Å². The van der Waals surface area contributed by atoms with Crippen molar-refractivity contribution >= 4 is 34.3 Å². The van der Waals surface area contributed by atoms with E-state index in [9.17, 15) is 24.3 Å². The van der Waals surface area contributed by atoms with Crippen LogP contribution < -0.4 is 16.2 Å². The van der Waals surface area contributed by atoms with E-state index < -0.39 is 24.0 Å². The van der Waals surface area contributed by atoms with Gasteiger partial charge in [0, 0.05) is 24.0 Å². The van der Waals surface area contributed by atoms with Gasteiger partial charge in [0.15, 0.2) is 11.6 Å². The fourth-order valence-corrected chi connectivity index (χ4v) is 5.59. The van der Waals surface area contributed by atoms with Crippen LogP contribution in [-0.2, 0) is 27.8 Å². The van der Waals surface area contributed by atoms with Crippen LogP contribution in [0.3, 0.4) is 0 Å². The van der Waals surface area contributed by atoms with Crippen LogP contribution in [0.25, 0.3) is 10.8 Å². The van der Waals surface area contributed by atoms with Crippen LogP contribution in [0.15, 0.2) is 84.9 Å². The molecule has 0 aliphatic heterocycles. The number of rotatable bonds is 14. The molecule has 0 bridgehead atoms. The number of nitrogens with two attached hydrogens (primary N) is 2. The molecule has 4 rings (SSSR count). The van der Waals surface area contributed by atoms with Crippen molar-refractivity contribution in [2.75, 3.05) is 0 Å². The van der Waals surface area contributed by atoms with Crippen LogP contribution in [-0.4, -0.2) is 40.7 Å². The standard InChI is InChI=1S/C38H42N2O6/c1-38(2,3)30-16-10-14-27(23-32(40)37(45)46-28-20-19-24-11-4-5-12-25(24)21-28)35(30)34(42)18-9-8-17-33(41)29-15-7-6-13-26(29)22-31(39)36(43)44/h4-7,10-16,19-21,31-32H,8-9,17-18,22-23,39-40H2,1-3H3,(H,43,44). The van der Waals surface area contributed by atoms with Crippen LogP contribution >= 0.6 is 0 Å². The number of carbonyl (C=O) groups is 4. The SMILES string of the molecule is CC(C)(C)c1cccc(CC(N)C(=O)Oc2ccc3ccccc3c2)c1C(=O)CCCCC(=O)c1ccccc1CC(N)C(=O)O. The van der Waals surface area contributed by atoms with Gasteiger partial charge in [-0.15, -0.1) is 0 Å². The summed E-state index contributed by atoms with van der Waals surface area (Å²) in [6.07, 6.45) is 1.58. The normalized spacial score (nSPS) is 12.8. The number of benzene rings is 4. The summed E-state index contributed by atoms with van der Waals surface area (Å²) in [6, 6.07) is 23.6. The summed E-state index contributed by atoms with van der Waals surface area (Å²) in [4.78, 5) is 51.0. The highest BCUT2D eigenvalue weighted by Crippen LogP contribution is 2.30. The molecule has 0 spiro atoms. The van der Waals surface area contributed by atoms with E-state index in [1.165, 1.54) is 0 Å². The van der Waals surface area contributed by atoms with Crippen LogP contribution in [0.4, 0.5) is 0 Å². The Morgan fingerprint density at radius 1 is 0.717 bits per heavy atom. The lowest BCUT2D eigenvalue weighted by molar-refractivity contribution is -0.138. The number of carboxylic acid groups (broad SMARTS) is 1. The lowest BCUT2D eigenvalue weighted by Gasteiger charge is -2.25. The monoisotopic (exact) mass is 622 g/mol. The highest BCUT2D eigenvalue weighted by molar-refractivity contribution is 6.00. The zero-order chi connectivity index (χ0) is 33.4. The quantitative estimate of drug-likeness (QED) is 0.0652. The molecule has 4 aromatic rings. The third-order valence-corrected chi connectivity index (χ3v) is 8.05. The minimum atomic E-state index is -1.13. The van der Waals surface area contributed by atoms with Gasteiger partial charge in [-0.1, -0.05) is 93.6 Å². The van der Waals surface area contributed by atoms with Gasteiger partial charge in [0.25, 0.3) is 0 Å². The first kappa shape index (κ1) is 34.2. The van der Waals surface area contributed by atoms with Gasteiger partial charge in [-0.05, 0) is 70.7 Å². The van der Waals surface area contributed by atoms with Crippen molar-refractivity contribution < 1.29 is 29.0 Å². The number of ether oxygens (including phenoxy) is 1. The molecule has 0 aliphatic rings. The van der Waals surface area contributed by atoms with E-state index in [4.69, 9.17) is 16.2 Å². The third kappa shape index (κ3) is 8.74. The molecule has 0 saturated heterocycles. The van der Waals surface area contributed by atoms with Gasteiger partial charge in [0.2, 0.25) is 0 Å². The molecule has 0 radical (unpaired) electrons. The van der Waals surface area contributed by atoms with E-state index in [-0.39, 0.29) is 42.7 Å². The first-order chi connectivity index (χ1) is 21.8. The maximum absolute atomic E-state index is 13.7. The molecular formula is C38H42N2O6. The summed E-state index contributed by atoms with van der Waals surface area (Å²) in [6.45, 7) is 6.09. The molecule has 2 atom stereocenters. The second kappa shape index (κ2) is 15.1. The molecule has 0 aromatic heterocycles. The van der Waals surface area contributed by atoms with Gasteiger partial charge in [0.1, 0.15) is 17.8 Å². The Labute approximate surface area is 269 Å². The zero-order valence-corrected chi connectivity index (χ0v) is 26.6. The number of aliphatic carboxylic acids is 1. The fourth-order valence-electron chi connectivity index (χ4n) is 5.59. The van der Waals surface area contributed by atoms with Gasteiger partial charge in [-0.25, -0.2) is 4.79 Å². The molecule has 0 fully saturated rings. The lowest BCUT2D eigenvalue weighted by atomic mass is 9.79. The Hall–Kier alpha value is -4.66. The molecule has 46 heavy (non-hydrogen) atoms. The van der Waals surface area contributed by atoms with Gasteiger partial charge in [0.05, 0.1) is 0 Å². The van der Waals surface area contributed by atoms with Crippen LogP contribution in [0.1, 0.15) is 83.9 Å². The minimum absolute atomic E-state index is 0.0556. The number of unbranched alkanes of at least 4 members (excludes halogenated alkanes) is 1. The molecule has 0 aliphatic carbocycles. The van der Waals surface area contributed by atoms with E-state index in [2.05, 4.69) is 0 Å². The maximum Gasteiger partial charge on any atom is 0.328 e. The summed E-state index contributed by atoms with van der Waals surface area (Å²) in [7, 11) is 0. The molecule has 240 valence electrons. The second-order valence-electron chi connectivity index (χ2n) is 12.7. The zero-order valence-electron chi connectivity index (χ0n) is 26.6. The van der Waals surface area contributed by atoms with E-state index in [0.29, 0.717) is 40.8 Å². The van der Waals surface area contributed by atoms with Gasteiger partial charge in [-0.2, -0.15) is 0 Å². The summed E-state index contributed by atoms with van der Waals surface area (Å²) < 4.78 is 5.62. The topological polar surface area (TPSA) is 150 Å². The Kier molecular flexibility index (Phi) is 11.2. The summed E-state index contributed by atoms with van der Waals surface area (Å²) in [5, 5.41) is 11.2. The Morgan fingerprint density at radius 2 is 1.33 bits per heavy atom.